The van der Waals surface area contributed by atoms with Gasteiger partial charge in [0.05, 0.1) is 5.57 Å². The molecule has 0 spiro atoms. The zero-order chi connectivity index (χ0) is 25.9. The molecule has 5 rings (SSSR count). The van der Waals surface area contributed by atoms with Crippen LogP contribution in [-0.2, 0) is 10.5 Å². The Balaban J connectivity index is 1.50. The molecule has 0 fully saturated rings. The summed E-state index contributed by atoms with van der Waals surface area (Å²) in [4.78, 5) is 19.7. The van der Waals surface area contributed by atoms with Crippen molar-refractivity contribution in [1.29, 1.82) is 0 Å². The van der Waals surface area contributed by atoms with E-state index in [-0.39, 0.29) is 5.91 Å². The molecular formula is C29H29N5OS2. The van der Waals surface area contributed by atoms with E-state index in [4.69, 9.17) is 10.1 Å². The Morgan fingerprint density at radius 3 is 2.49 bits per heavy atom. The molecule has 2 heterocycles. The number of hydrogen-bond acceptors (Lipinski definition) is 6. The molecule has 0 saturated carbocycles. The summed E-state index contributed by atoms with van der Waals surface area (Å²) in [5.41, 5.74) is 6.56. The van der Waals surface area contributed by atoms with Crippen molar-refractivity contribution in [3.63, 3.8) is 0 Å². The Labute approximate surface area is 226 Å². The van der Waals surface area contributed by atoms with Gasteiger partial charge in [0.15, 0.2) is 0 Å². The van der Waals surface area contributed by atoms with Crippen LogP contribution in [0.4, 0.5) is 11.6 Å². The highest BCUT2D eigenvalue weighted by molar-refractivity contribution is 7.98. The molecule has 0 saturated heterocycles. The first-order chi connectivity index (χ1) is 17.9. The van der Waals surface area contributed by atoms with E-state index in [1.54, 1.807) is 23.5 Å². The van der Waals surface area contributed by atoms with Crippen molar-refractivity contribution < 1.29 is 4.79 Å². The number of carbonyl (C=O) groups is 1. The zero-order valence-corrected chi connectivity index (χ0v) is 22.9. The summed E-state index contributed by atoms with van der Waals surface area (Å²) in [6, 6.07) is 24.2. The summed E-state index contributed by atoms with van der Waals surface area (Å²) in [6.45, 7) is 5.98. The highest BCUT2D eigenvalue weighted by Crippen LogP contribution is 2.37. The van der Waals surface area contributed by atoms with Crippen LogP contribution in [-0.4, -0.2) is 26.9 Å². The monoisotopic (exact) mass is 527 g/mol. The predicted octanol–water partition coefficient (Wildman–Crippen LogP) is 6.84. The Morgan fingerprint density at radius 2 is 1.78 bits per heavy atom. The number of carbonyl (C=O) groups excluding carboxylic acids is 1. The van der Waals surface area contributed by atoms with Gasteiger partial charge in [0.1, 0.15) is 6.04 Å². The van der Waals surface area contributed by atoms with Gasteiger partial charge in [0, 0.05) is 22.0 Å². The fourth-order valence-corrected chi connectivity index (χ4v) is 5.64. The third-order valence-electron chi connectivity index (χ3n) is 6.35. The van der Waals surface area contributed by atoms with Gasteiger partial charge in [-0.25, -0.2) is 4.68 Å². The van der Waals surface area contributed by atoms with Crippen LogP contribution in [0.5, 0.6) is 0 Å². The smallest absolute Gasteiger partial charge is 0.255 e. The normalized spacial score (nSPS) is 14.8. The van der Waals surface area contributed by atoms with Crippen LogP contribution >= 0.6 is 23.5 Å². The largest absolute Gasteiger partial charge is 0.328 e. The fourth-order valence-electron chi connectivity index (χ4n) is 4.45. The second kappa shape index (κ2) is 10.9. The van der Waals surface area contributed by atoms with Crippen molar-refractivity contribution in [3.8, 4) is 0 Å². The molecule has 4 aromatic rings. The summed E-state index contributed by atoms with van der Waals surface area (Å²) in [6.07, 6.45) is 2.05. The minimum Gasteiger partial charge on any atom is -0.328 e. The molecule has 37 heavy (non-hydrogen) atoms. The molecule has 2 N–H and O–H groups in total. The van der Waals surface area contributed by atoms with E-state index in [1.807, 2.05) is 55.8 Å². The number of fused-ring (bicyclic) bond motifs is 1. The lowest BCUT2D eigenvalue weighted by Crippen LogP contribution is -2.31. The maximum Gasteiger partial charge on any atom is 0.255 e. The molecule has 1 aliphatic rings. The lowest BCUT2D eigenvalue weighted by molar-refractivity contribution is -0.113. The van der Waals surface area contributed by atoms with E-state index in [2.05, 4.69) is 59.4 Å². The van der Waals surface area contributed by atoms with Gasteiger partial charge in [-0.15, -0.1) is 16.9 Å². The average molecular weight is 528 g/mol. The first-order valence-electron chi connectivity index (χ1n) is 12.1. The summed E-state index contributed by atoms with van der Waals surface area (Å²) >= 11 is 3.27. The Morgan fingerprint density at radius 1 is 1.03 bits per heavy atom. The number of anilines is 2. The number of hydrogen-bond donors (Lipinski definition) is 2. The van der Waals surface area contributed by atoms with Crippen molar-refractivity contribution in [3.05, 3.63) is 106 Å². The van der Waals surface area contributed by atoms with E-state index >= 15 is 0 Å². The molecule has 0 aliphatic carbocycles. The fraction of sp³-hybridized carbons (Fsp3) is 0.207. The lowest BCUT2D eigenvalue weighted by Gasteiger charge is -2.29. The van der Waals surface area contributed by atoms with E-state index in [0.29, 0.717) is 16.7 Å². The SMILES string of the molecule is CSc1ccc([C@H]2C(C(=O)Nc3ccc(C)cc3C)=C(C)Nc3nc(SCc4ccccc4)nn32)cc1. The van der Waals surface area contributed by atoms with Gasteiger partial charge in [0.2, 0.25) is 11.1 Å². The highest BCUT2D eigenvalue weighted by atomic mass is 32.2. The molecule has 3 aromatic carbocycles. The number of allylic oxidation sites excluding steroid dienone is 1. The van der Waals surface area contributed by atoms with E-state index in [1.165, 1.54) is 5.56 Å². The average Bonchev–Trinajstić information content (AvgIpc) is 3.31. The molecule has 1 aliphatic heterocycles. The second-order valence-electron chi connectivity index (χ2n) is 9.05. The molecule has 0 radical (unpaired) electrons. The standard InChI is InChI=1S/C29H29N5OS2/c1-18-10-15-24(19(2)16-18)31-27(35)25-20(3)30-28-32-29(37-17-21-8-6-5-7-9-21)33-34(28)26(25)22-11-13-23(36-4)14-12-22/h5-16,26H,17H2,1-4H3,(H,31,35)(H,30,32,33)/t26-/m0/s1. The van der Waals surface area contributed by atoms with Crippen LogP contribution in [0.25, 0.3) is 0 Å². The van der Waals surface area contributed by atoms with Crippen molar-refractivity contribution in [2.24, 2.45) is 0 Å². The summed E-state index contributed by atoms with van der Waals surface area (Å²) in [7, 11) is 0. The van der Waals surface area contributed by atoms with Crippen LogP contribution in [0, 0.1) is 13.8 Å². The number of rotatable bonds is 7. The van der Waals surface area contributed by atoms with Gasteiger partial charge < -0.3 is 10.6 Å². The third kappa shape index (κ3) is 5.45. The van der Waals surface area contributed by atoms with Crippen molar-refractivity contribution in [2.75, 3.05) is 16.9 Å². The van der Waals surface area contributed by atoms with E-state index in [0.717, 1.165) is 38.7 Å². The topological polar surface area (TPSA) is 71.8 Å². The molecule has 0 bridgehead atoms. The molecule has 188 valence electrons. The van der Waals surface area contributed by atoms with Crippen molar-refractivity contribution in [2.45, 2.75) is 42.6 Å². The maximum absolute atomic E-state index is 13.8. The van der Waals surface area contributed by atoms with Crippen LogP contribution < -0.4 is 10.6 Å². The van der Waals surface area contributed by atoms with Gasteiger partial charge >= 0.3 is 0 Å². The summed E-state index contributed by atoms with van der Waals surface area (Å²) in [5, 5.41) is 12.0. The van der Waals surface area contributed by atoms with E-state index < -0.39 is 6.04 Å². The van der Waals surface area contributed by atoms with Crippen LogP contribution in [0.1, 0.15) is 35.2 Å². The number of amides is 1. The first kappa shape index (κ1) is 25.2. The summed E-state index contributed by atoms with van der Waals surface area (Å²) in [5.74, 6) is 1.25. The Hall–Kier alpha value is -3.49. The molecule has 1 atom stereocenters. The second-order valence-corrected chi connectivity index (χ2v) is 10.9. The number of thioether (sulfide) groups is 2. The van der Waals surface area contributed by atoms with Gasteiger partial charge in [-0.1, -0.05) is 71.9 Å². The summed E-state index contributed by atoms with van der Waals surface area (Å²) < 4.78 is 1.84. The predicted molar refractivity (Wildman–Crippen MR) is 153 cm³/mol. The number of aromatic nitrogens is 3. The third-order valence-corrected chi connectivity index (χ3v) is 8.00. The lowest BCUT2D eigenvalue weighted by atomic mass is 9.95. The number of benzene rings is 3. The number of aryl methyl sites for hydroxylation is 2. The van der Waals surface area contributed by atoms with E-state index in [9.17, 15) is 4.79 Å². The number of nitrogens with one attached hydrogen (secondary N) is 2. The maximum atomic E-state index is 13.8. The van der Waals surface area contributed by atoms with Crippen molar-refractivity contribution >= 4 is 41.1 Å². The molecule has 8 heteroatoms. The molecule has 6 nitrogen and oxygen atoms in total. The van der Waals surface area contributed by atoms with Crippen molar-refractivity contribution in [1.82, 2.24) is 14.8 Å². The Bertz CT molecular complexity index is 1460. The van der Waals surface area contributed by atoms with Gasteiger partial charge in [-0.05, 0) is 61.9 Å². The van der Waals surface area contributed by atoms with Gasteiger partial charge in [-0.2, -0.15) is 4.98 Å². The zero-order valence-electron chi connectivity index (χ0n) is 21.3. The quantitative estimate of drug-likeness (QED) is 0.257. The van der Waals surface area contributed by atoms with Crippen LogP contribution in [0.15, 0.2) is 94.1 Å². The Kier molecular flexibility index (Phi) is 7.39. The molecular weight excluding hydrogens is 498 g/mol. The van der Waals surface area contributed by atoms with Gasteiger partial charge in [-0.3, -0.25) is 4.79 Å². The minimum absolute atomic E-state index is 0.157. The number of nitrogens with zero attached hydrogens (tertiary/aromatic N) is 3. The minimum atomic E-state index is -0.406. The molecule has 1 aromatic heterocycles. The van der Waals surface area contributed by atoms with Gasteiger partial charge in [0.25, 0.3) is 5.91 Å². The van der Waals surface area contributed by atoms with Crippen LogP contribution in [0.3, 0.4) is 0 Å². The molecule has 1 amide bonds. The molecule has 0 unspecified atom stereocenters. The highest BCUT2D eigenvalue weighted by Gasteiger charge is 2.34. The first-order valence-corrected chi connectivity index (χ1v) is 14.3. The van der Waals surface area contributed by atoms with Crippen LogP contribution in [0.2, 0.25) is 0 Å².